The summed E-state index contributed by atoms with van der Waals surface area (Å²) in [6.07, 6.45) is 6.10. The maximum Gasteiger partial charge on any atom is -0.00458 e. The highest BCUT2D eigenvalue weighted by Gasteiger charge is 2.09. The summed E-state index contributed by atoms with van der Waals surface area (Å²) in [5.74, 6) is 0.772. The van der Waals surface area contributed by atoms with Crippen LogP contribution < -0.4 is 5.73 Å². The summed E-state index contributed by atoms with van der Waals surface area (Å²) in [4.78, 5) is 0. The molecule has 0 amide bonds. The van der Waals surface area contributed by atoms with Gasteiger partial charge in [-0.2, -0.15) is 0 Å². The molecule has 9 heavy (non-hydrogen) atoms. The van der Waals surface area contributed by atoms with E-state index in [1.54, 1.807) is 5.57 Å². The lowest BCUT2D eigenvalue weighted by atomic mass is 9.91. The number of nitrogens with two attached hydrogens (primary N) is 1. The third kappa shape index (κ3) is 1.83. The Bertz CT molecular complexity index is 116. The van der Waals surface area contributed by atoms with Crippen LogP contribution in [0.25, 0.3) is 0 Å². The second kappa shape index (κ2) is 3.02. The molecule has 0 unspecified atom stereocenters. The van der Waals surface area contributed by atoms with Crippen LogP contribution in [0.15, 0.2) is 11.6 Å². The van der Waals surface area contributed by atoms with Gasteiger partial charge < -0.3 is 5.73 Å². The predicted octanol–water partition coefficient (Wildman–Crippen LogP) is 1.69. The Morgan fingerprint density at radius 3 is 3.00 bits per heavy atom. The molecule has 1 nitrogen and oxygen atoms in total. The molecule has 0 heterocycles. The Labute approximate surface area is 56.9 Å². The van der Waals surface area contributed by atoms with Crippen LogP contribution in [0.2, 0.25) is 0 Å². The fraction of sp³-hybridized carbons (Fsp3) is 0.750. The van der Waals surface area contributed by atoms with Crippen molar-refractivity contribution in [2.24, 2.45) is 11.7 Å². The Morgan fingerprint density at radius 2 is 2.56 bits per heavy atom. The monoisotopic (exact) mass is 125 g/mol. The Morgan fingerprint density at radius 1 is 1.78 bits per heavy atom. The van der Waals surface area contributed by atoms with E-state index >= 15 is 0 Å². The smallest absolute Gasteiger partial charge is 0.00458 e. The Hall–Kier alpha value is -0.300. The van der Waals surface area contributed by atoms with E-state index < -0.39 is 0 Å². The maximum absolute atomic E-state index is 5.52. The Kier molecular flexibility index (Phi) is 2.29. The van der Waals surface area contributed by atoms with Gasteiger partial charge in [-0.25, -0.2) is 0 Å². The molecule has 0 aliphatic heterocycles. The predicted molar refractivity (Wildman–Crippen MR) is 40.2 cm³/mol. The molecule has 1 aliphatic rings. The highest BCUT2D eigenvalue weighted by Crippen LogP contribution is 2.21. The van der Waals surface area contributed by atoms with Crippen molar-refractivity contribution in [1.82, 2.24) is 0 Å². The van der Waals surface area contributed by atoms with Crippen molar-refractivity contribution in [3.8, 4) is 0 Å². The minimum atomic E-state index is 0.772. The quantitative estimate of drug-likeness (QED) is 0.530. The molecule has 1 rings (SSSR count). The second-order valence-electron chi connectivity index (χ2n) is 2.93. The van der Waals surface area contributed by atoms with Crippen molar-refractivity contribution in [2.75, 3.05) is 6.54 Å². The van der Waals surface area contributed by atoms with Crippen LogP contribution >= 0.6 is 0 Å². The minimum absolute atomic E-state index is 0.772. The van der Waals surface area contributed by atoms with Gasteiger partial charge in [-0.1, -0.05) is 11.6 Å². The molecular weight excluding hydrogens is 110 g/mol. The van der Waals surface area contributed by atoms with E-state index in [-0.39, 0.29) is 0 Å². The van der Waals surface area contributed by atoms with Crippen molar-refractivity contribution in [3.05, 3.63) is 11.6 Å². The van der Waals surface area contributed by atoms with E-state index in [1.165, 1.54) is 19.3 Å². The summed E-state index contributed by atoms with van der Waals surface area (Å²) < 4.78 is 0. The first kappa shape index (κ1) is 6.81. The molecule has 2 N–H and O–H groups in total. The molecule has 0 fully saturated rings. The number of hydrogen-bond acceptors (Lipinski definition) is 1. The molecular formula is C8H15N. The Balaban J connectivity index is 2.36. The molecule has 1 aliphatic carbocycles. The number of hydrogen-bond donors (Lipinski definition) is 1. The average molecular weight is 125 g/mol. The first-order valence-electron chi connectivity index (χ1n) is 3.68. The van der Waals surface area contributed by atoms with Gasteiger partial charge in [0.2, 0.25) is 0 Å². The first-order chi connectivity index (χ1) is 4.33. The van der Waals surface area contributed by atoms with Crippen LogP contribution in [0, 0.1) is 5.92 Å². The average Bonchev–Trinajstić information content (AvgIpc) is 1.90. The number of allylic oxidation sites excluding steroid dienone is 2. The van der Waals surface area contributed by atoms with Gasteiger partial charge in [0.15, 0.2) is 0 Å². The third-order valence-corrected chi connectivity index (χ3v) is 2.08. The van der Waals surface area contributed by atoms with Crippen molar-refractivity contribution < 1.29 is 0 Å². The van der Waals surface area contributed by atoms with Crippen LogP contribution in [0.3, 0.4) is 0 Å². The van der Waals surface area contributed by atoms with Gasteiger partial charge in [-0.15, -0.1) is 0 Å². The van der Waals surface area contributed by atoms with Crippen LogP contribution in [-0.4, -0.2) is 6.54 Å². The highest BCUT2D eigenvalue weighted by molar-refractivity contribution is 5.02. The lowest BCUT2D eigenvalue weighted by Gasteiger charge is -2.17. The van der Waals surface area contributed by atoms with Crippen LogP contribution in [0.5, 0.6) is 0 Å². The lowest BCUT2D eigenvalue weighted by molar-refractivity contribution is 0.480. The van der Waals surface area contributed by atoms with E-state index in [1.807, 2.05) is 0 Å². The van der Waals surface area contributed by atoms with Gasteiger partial charge in [0.05, 0.1) is 0 Å². The van der Waals surface area contributed by atoms with Gasteiger partial charge in [0, 0.05) is 0 Å². The summed E-state index contributed by atoms with van der Waals surface area (Å²) in [5.41, 5.74) is 7.06. The van der Waals surface area contributed by atoms with Gasteiger partial charge in [-0.3, -0.25) is 0 Å². The van der Waals surface area contributed by atoms with Crippen molar-refractivity contribution in [1.29, 1.82) is 0 Å². The van der Waals surface area contributed by atoms with E-state index in [0.717, 1.165) is 12.5 Å². The maximum atomic E-state index is 5.52. The normalized spacial score (nSPS) is 27.8. The summed E-state index contributed by atoms with van der Waals surface area (Å²) in [5, 5.41) is 0. The van der Waals surface area contributed by atoms with Gasteiger partial charge >= 0.3 is 0 Å². The molecule has 0 saturated heterocycles. The summed E-state index contributed by atoms with van der Waals surface area (Å²) in [7, 11) is 0. The molecule has 0 saturated carbocycles. The lowest BCUT2D eigenvalue weighted by Crippen LogP contribution is -2.15. The van der Waals surface area contributed by atoms with Crippen molar-refractivity contribution in [2.45, 2.75) is 26.2 Å². The molecule has 0 aromatic rings. The van der Waals surface area contributed by atoms with Crippen molar-refractivity contribution >= 4 is 0 Å². The zero-order valence-corrected chi connectivity index (χ0v) is 6.06. The van der Waals surface area contributed by atoms with Gasteiger partial charge in [-0.05, 0) is 38.6 Å². The van der Waals surface area contributed by atoms with Crippen LogP contribution in [-0.2, 0) is 0 Å². The zero-order valence-electron chi connectivity index (χ0n) is 6.06. The fourth-order valence-electron chi connectivity index (χ4n) is 1.23. The molecule has 0 spiro atoms. The zero-order chi connectivity index (χ0) is 6.69. The van der Waals surface area contributed by atoms with Crippen LogP contribution in [0.1, 0.15) is 26.2 Å². The minimum Gasteiger partial charge on any atom is -0.330 e. The van der Waals surface area contributed by atoms with E-state index in [4.69, 9.17) is 5.73 Å². The standard InChI is InChI=1S/C8H15N/c1-7-2-4-8(6-9)5-3-7/h2,8H,3-6,9H2,1H3/t8-/m1/s1. The molecule has 1 atom stereocenters. The summed E-state index contributed by atoms with van der Waals surface area (Å²) >= 11 is 0. The molecule has 0 radical (unpaired) electrons. The van der Waals surface area contributed by atoms with Crippen LogP contribution in [0.4, 0.5) is 0 Å². The summed E-state index contributed by atoms with van der Waals surface area (Å²) in [6.45, 7) is 3.07. The third-order valence-electron chi connectivity index (χ3n) is 2.08. The second-order valence-corrected chi connectivity index (χ2v) is 2.93. The topological polar surface area (TPSA) is 26.0 Å². The fourth-order valence-corrected chi connectivity index (χ4v) is 1.23. The van der Waals surface area contributed by atoms with Gasteiger partial charge in [0.1, 0.15) is 0 Å². The summed E-state index contributed by atoms with van der Waals surface area (Å²) in [6, 6.07) is 0. The van der Waals surface area contributed by atoms with Crippen molar-refractivity contribution in [3.63, 3.8) is 0 Å². The molecule has 1 heteroatoms. The molecule has 0 aromatic heterocycles. The SMILES string of the molecule is CC1=CC[C@@H](CN)CC1. The molecule has 0 bridgehead atoms. The highest BCUT2D eigenvalue weighted by atomic mass is 14.5. The number of rotatable bonds is 1. The van der Waals surface area contributed by atoms with Gasteiger partial charge in [0.25, 0.3) is 0 Å². The molecule has 52 valence electrons. The van der Waals surface area contributed by atoms with E-state index in [9.17, 15) is 0 Å². The van der Waals surface area contributed by atoms with E-state index in [0.29, 0.717) is 0 Å². The molecule has 0 aromatic carbocycles. The first-order valence-corrected chi connectivity index (χ1v) is 3.68. The van der Waals surface area contributed by atoms with E-state index in [2.05, 4.69) is 13.0 Å². The largest absolute Gasteiger partial charge is 0.330 e.